The van der Waals surface area contributed by atoms with Gasteiger partial charge in [-0.05, 0) is 76.4 Å². The number of likely N-dealkylation sites (N-methyl/N-ethyl adjacent to an activating group) is 1. The summed E-state index contributed by atoms with van der Waals surface area (Å²) in [6, 6.07) is 5.75. The smallest absolute Gasteiger partial charge is 0.183 e. The molecule has 0 aromatic heterocycles. The standard InChI is InChI=1S/C18H27NO2/c1-13-8-10-18(11-9-13,19(3)4)17(20)16-7-6-15(21-5)12-14(16)2/h6-7,12-13H,8-11H2,1-5H3. The molecule has 1 fully saturated rings. The molecule has 0 unspecified atom stereocenters. The zero-order valence-corrected chi connectivity index (χ0v) is 13.9. The van der Waals surface area contributed by atoms with Crippen LogP contribution in [0.5, 0.6) is 5.75 Å². The van der Waals surface area contributed by atoms with E-state index in [4.69, 9.17) is 4.74 Å². The summed E-state index contributed by atoms with van der Waals surface area (Å²) in [5.74, 6) is 1.79. The van der Waals surface area contributed by atoms with Gasteiger partial charge in [-0.25, -0.2) is 0 Å². The van der Waals surface area contributed by atoms with Crippen molar-refractivity contribution in [2.75, 3.05) is 21.2 Å². The minimum atomic E-state index is -0.341. The highest BCUT2D eigenvalue weighted by Gasteiger charge is 2.43. The lowest BCUT2D eigenvalue weighted by atomic mass is 9.72. The van der Waals surface area contributed by atoms with Crippen molar-refractivity contribution < 1.29 is 9.53 Å². The van der Waals surface area contributed by atoms with E-state index in [0.29, 0.717) is 0 Å². The minimum Gasteiger partial charge on any atom is -0.497 e. The van der Waals surface area contributed by atoms with Crippen molar-refractivity contribution in [2.24, 2.45) is 5.92 Å². The van der Waals surface area contributed by atoms with E-state index in [1.54, 1.807) is 7.11 Å². The van der Waals surface area contributed by atoms with Crippen LogP contribution in [0.3, 0.4) is 0 Å². The third kappa shape index (κ3) is 2.98. The maximum atomic E-state index is 13.2. The van der Waals surface area contributed by atoms with Crippen molar-refractivity contribution in [3.05, 3.63) is 29.3 Å². The van der Waals surface area contributed by atoms with Crippen LogP contribution in [0.15, 0.2) is 18.2 Å². The second kappa shape index (κ2) is 6.18. The number of rotatable bonds is 4. The SMILES string of the molecule is COc1ccc(C(=O)C2(N(C)C)CCC(C)CC2)c(C)c1. The summed E-state index contributed by atoms with van der Waals surface area (Å²) in [4.78, 5) is 15.3. The molecule has 0 atom stereocenters. The van der Waals surface area contributed by atoms with Crippen LogP contribution in [0.1, 0.15) is 48.5 Å². The second-order valence-electron chi connectivity index (χ2n) is 6.62. The lowest BCUT2D eigenvalue weighted by molar-refractivity contribution is 0.0512. The number of nitrogens with zero attached hydrogens (tertiary/aromatic N) is 1. The van der Waals surface area contributed by atoms with Gasteiger partial charge in [0.2, 0.25) is 0 Å². The number of carbonyl (C=O) groups excluding carboxylic acids is 1. The van der Waals surface area contributed by atoms with Gasteiger partial charge < -0.3 is 4.74 Å². The Bertz CT molecular complexity index is 514. The van der Waals surface area contributed by atoms with Gasteiger partial charge in [-0.3, -0.25) is 9.69 Å². The summed E-state index contributed by atoms with van der Waals surface area (Å²) in [6.45, 7) is 4.27. The fourth-order valence-corrected chi connectivity index (χ4v) is 3.39. The molecule has 1 aromatic rings. The number of hydrogen-bond donors (Lipinski definition) is 0. The van der Waals surface area contributed by atoms with Crippen molar-refractivity contribution in [1.29, 1.82) is 0 Å². The first-order valence-corrected chi connectivity index (χ1v) is 7.77. The number of methoxy groups -OCH3 is 1. The number of ether oxygens (including phenoxy) is 1. The first-order chi connectivity index (χ1) is 9.90. The van der Waals surface area contributed by atoms with Crippen LogP contribution in [0.2, 0.25) is 0 Å². The first kappa shape index (κ1) is 16.0. The number of hydrogen-bond acceptors (Lipinski definition) is 3. The lowest BCUT2D eigenvalue weighted by Crippen LogP contribution is -2.53. The Hall–Kier alpha value is -1.35. The van der Waals surface area contributed by atoms with E-state index in [0.717, 1.165) is 48.5 Å². The molecule has 0 N–H and O–H groups in total. The second-order valence-corrected chi connectivity index (χ2v) is 6.62. The molecule has 1 aliphatic carbocycles. The molecule has 116 valence electrons. The molecule has 0 bridgehead atoms. The normalized spacial score (nSPS) is 25.9. The molecule has 1 saturated carbocycles. The van der Waals surface area contributed by atoms with E-state index in [1.165, 1.54) is 0 Å². The van der Waals surface area contributed by atoms with Crippen LogP contribution in [0.25, 0.3) is 0 Å². The van der Waals surface area contributed by atoms with E-state index in [-0.39, 0.29) is 11.3 Å². The van der Waals surface area contributed by atoms with Crippen LogP contribution in [-0.4, -0.2) is 37.4 Å². The van der Waals surface area contributed by atoms with Crippen LogP contribution in [-0.2, 0) is 0 Å². The van der Waals surface area contributed by atoms with Crippen molar-refractivity contribution in [3.8, 4) is 5.75 Å². The third-order valence-corrected chi connectivity index (χ3v) is 5.06. The van der Waals surface area contributed by atoms with Gasteiger partial charge in [0.15, 0.2) is 5.78 Å². The Labute approximate surface area is 128 Å². The molecule has 1 aliphatic rings. The number of Topliss-reactive ketones (excluding diaryl/α,β-unsaturated/α-hetero) is 1. The van der Waals surface area contributed by atoms with Gasteiger partial charge in [0.1, 0.15) is 5.75 Å². The lowest BCUT2D eigenvalue weighted by Gasteiger charge is -2.43. The molecule has 0 spiro atoms. The molecule has 0 amide bonds. The van der Waals surface area contributed by atoms with Gasteiger partial charge in [-0.1, -0.05) is 6.92 Å². The number of benzene rings is 1. The molecule has 3 nitrogen and oxygen atoms in total. The summed E-state index contributed by atoms with van der Waals surface area (Å²) in [5.41, 5.74) is 1.49. The first-order valence-electron chi connectivity index (χ1n) is 7.77. The van der Waals surface area contributed by atoms with Crippen molar-refractivity contribution in [2.45, 2.75) is 45.1 Å². The highest BCUT2D eigenvalue weighted by atomic mass is 16.5. The minimum absolute atomic E-state index is 0.263. The Balaban J connectivity index is 2.35. The van der Waals surface area contributed by atoms with E-state index >= 15 is 0 Å². The summed E-state index contributed by atoms with van der Waals surface area (Å²) in [6.07, 6.45) is 4.15. The van der Waals surface area contributed by atoms with Gasteiger partial charge in [0, 0.05) is 5.56 Å². The fraction of sp³-hybridized carbons (Fsp3) is 0.611. The Morgan fingerprint density at radius 2 is 1.90 bits per heavy atom. The maximum absolute atomic E-state index is 13.2. The third-order valence-electron chi connectivity index (χ3n) is 5.06. The topological polar surface area (TPSA) is 29.5 Å². The molecular formula is C18H27NO2. The van der Waals surface area contributed by atoms with Gasteiger partial charge in [-0.15, -0.1) is 0 Å². The maximum Gasteiger partial charge on any atom is 0.183 e. The summed E-state index contributed by atoms with van der Waals surface area (Å²) < 4.78 is 5.24. The van der Waals surface area contributed by atoms with Gasteiger partial charge in [0.25, 0.3) is 0 Å². The molecule has 0 heterocycles. The zero-order valence-electron chi connectivity index (χ0n) is 13.9. The molecule has 2 rings (SSSR count). The molecule has 21 heavy (non-hydrogen) atoms. The molecule has 1 aromatic carbocycles. The Kier molecular flexibility index (Phi) is 4.72. The predicted octanol–water partition coefficient (Wildman–Crippen LogP) is 3.70. The van der Waals surface area contributed by atoms with Crippen molar-refractivity contribution in [3.63, 3.8) is 0 Å². The number of carbonyl (C=O) groups is 1. The zero-order chi connectivity index (χ0) is 15.6. The van der Waals surface area contributed by atoms with E-state index in [9.17, 15) is 4.79 Å². The van der Waals surface area contributed by atoms with Crippen molar-refractivity contribution >= 4 is 5.78 Å². The van der Waals surface area contributed by atoms with Crippen LogP contribution >= 0.6 is 0 Å². The molecule has 0 aliphatic heterocycles. The van der Waals surface area contributed by atoms with E-state index < -0.39 is 0 Å². The molecule has 3 heteroatoms. The fourth-order valence-electron chi connectivity index (χ4n) is 3.39. The van der Waals surface area contributed by atoms with Crippen LogP contribution in [0.4, 0.5) is 0 Å². The van der Waals surface area contributed by atoms with E-state index in [2.05, 4.69) is 11.8 Å². The monoisotopic (exact) mass is 289 g/mol. The van der Waals surface area contributed by atoms with Crippen molar-refractivity contribution in [1.82, 2.24) is 4.90 Å². The highest BCUT2D eigenvalue weighted by molar-refractivity contribution is 6.04. The average Bonchev–Trinajstić information content (AvgIpc) is 2.47. The molecule has 0 saturated heterocycles. The summed E-state index contributed by atoms with van der Waals surface area (Å²) in [7, 11) is 5.72. The summed E-state index contributed by atoms with van der Waals surface area (Å²) >= 11 is 0. The van der Waals surface area contributed by atoms with Gasteiger partial charge in [-0.2, -0.15) is 0 Å². The van der Waals surface area contributed by atoms with Crippen LogP contribution < -0.4 is 4.74 Å². The van der Waals surface area contributed by atoms with Gasteiger partial charge >= 0.3 is 0 Å². The Morgan fingerprint density at radius 1 is 1.29 bits per heavy atom. The van der Waals surface area contributed by atoms with Gasteiger partial charge in [0.05, 0.1) is 12.6 Å². The Morgan fingerprint density at radius 3 is 2.38 bits per heavy atom. The van der Waals surface area contributed by atoms with E-state index in [1.807, 2.05) is 39.2 Å². The molecular weight excluding hydrogens is 262 g/mol. The highest BCUT2D eigenvalue weighted by Crippen LogP contribution is 2.38. The quantitative estimate of drug-likeness (QED) is 0.792. The number of ketones is 1. The number of aryl methyl sites for hydroxylation is 1. The predicted molar refractivity (Wildman–Crippen MR) is 86.1 cm³/mol. The average molecular weight is 289 g/mol. The largest absolute Gasteiger partial charge is 0.497 e. The van der Waals surface area contributed by atoms with Crippen LogP contribution in [0, 0.1) is 12.8 Å². The molecule has 0 radical (unpaired) electrons. The summed E-state index contributed by atoms with van der Waals surface area (Å²) in [5, 5.41) is 0.